The Morgan fingerprint density at radius 3 is 2.15 bits per heavy atom. The zero-order valence-corrected chi connectivity index (χ0v) is 16.7. The van der Waals surface area contributed by atoms with Gasteiger partial charge in [-0.3, -0.25) is 9.80 Å². The summed E-state index contributed by atoms with van der Waals surface area (Å²) in [6.45, 7) is 13.5. The van der Waals surface area contributed by atoms with Crippen LogP contribution in [-0.2, 0) is 18.5 Å². The van der Waals surface area contributed by atoms with Gasteiger partial charge < -0.3 is 9.47 Å². The molecular formula is C23H30N2O2. The lowest BCUT2D eigenvalue weighted by atomic mass is 9.87. The number of fused-ring (bicyclic) bond motifs is 1. The van der Waals surface area contributed by atoms with Gasteiger partial charge in [-0.25, -0.2) is 0 Å². The van der Waals surface area contributed by atoms with E-state index < -0.39 is 0 Å². The van der Waals surface area contributed by atoms with Crippen LogP contribution in [0.4, 0.5) is 0 Å². The third-order valence-corrected chi connectivity index (χ3v) is 5.56. The summed E-state index contributed by atoms with van der Waals surface area (Å²) in [6, 6.07) is 15.3. The fourth-order valence-corrected chi connectivity index (χ4v) is 3.83. The highest BCUT2D eigenvalue weighted by molar-refractivity contribution is 5.48. The second kappa shape index (κ2) is 7.53. The molecule has 0 spiro atoms. The highest BCUT2D eigenvalue weighted by atomic mass is 16.7. The summed E-state index contributed by atoms with van der Waals surface area (Å²) in [4.78, 5) is 5.06. The lowest BCUT2D eigenvalue weighted by Gasteiger charge is -2.35. The fraction of sp³-hybridized carbons (Fsp3) is 0.478. The summed E-state index contributed by atoms with van der Waals surface area (Å²) < 4.78 is 11.1. The first kappa shape index (κ1) is 18.3. The molecule has 27 heavy (non-hydrogen) atoms. The van der Waals surface area contributed by atoms with Gasteiger partial charge in [0.1, 0.15) is 0 Å². The molecule has 4 heteroatoms. The molecule has 0 atom stereocenters. The minimum absolute atomic E-state index is 0.219. The molecule has 0 aliphatic carbocycles. The van der Waals surface area contributed by atoms with Crippen molar-refractivity contribution in [2.75, 3.05) is 33.0 Å². The van der Waals surface area contributed by atoms with Gasteiger partial charge in [0.25, 0.3) is 0 Å². The summed E-state index contributed by atoms with van der Waals surface area (Å²) in [6.07, 6.45) is 0. The summed E-state index contributed by atoms with van der Waals surface area (Å²) in [5.74, 6) is 1.81. The van der Waals surface area contributed by atoms with E-state index in [9.17, 15) is 0 Å². The molecule has 0 N–H and O–H groups in total. The van der Waals surface area contributed by atoms with Crippen LogP contribution in [0.2, 0.25) is 0 Å². The molecule has 0 unspecified atom stereocenters. The van der Waals surface area contributed by atoms with Crippen LogP contribution in [-0.4, -0.2) is 42.8 Å². The van der Waals surface area contributed by atoms with Gasteiger partial charge in [-0.1, -0.05) is 57.2 Å². The Labute approximate surface area is 162 Å². The van der Waals surface area contributed by atoms with E-state index in [2.05, 4.69) is 67.0 Å². The standard InChI is InChI=1S/C23H30N2O2/c1-23(2,3)20-9-7-18(8-10-20)15-24-11-13-25(14-12-24)16-19-5-4-6-21-22(19)27-17-26-21/h4-10H,11-17H2,1-3H3. The van der Waals surface area contributed by atoms with Crippen LogP contribution in [0.15, 0.2) is 42.5 Å². The molecule has 2 heterocycles. The van der Waals surface area contributed by atoms with Gasteiger partial charge in [0, 0.05) is 44.8 Å². The lowest BCUT2D eigenvalue weighted by Crippen LogP contribution is -2.45. The zero-order chi connectivity index (χ0) is 18.9. The number of hydrogen-bond donors (Lipinski definition) is 0. The Bertz CT molecular complexity index is 772. The maximum absolute atomic E-state index is 5.65. The van der Waals surface area contributed by atoms with Crippen molar-refractivity contribution in [3.05, 3.63) is 59.2 Å². The van der Waals surface area contributed by atoms with Gasteiger partial charge in [0.15, 0.2) is 11.5 Å². The second-order valence-corrected chi connectivity index (χ2v) is 8.65. The topological polar surface area (TPSA) is 24.9 Å². The van der Waals surface area contributed by atoms with E-state index >= 15 is 0 Å². The van der Waals surface area contributed by atoms with E-state index in [0.717, 1.165) is 50.8 Å². The Hall–Kier alpha value is -2.04. The normalized spacial score (nSPS) is 18.0. The van der Waals surface area contributed by atoms with Crippen LogP contribution in [0.1, 0.15) is 37.5 Å². The molecule has 1 saturated heterocycles. The van der Waals surface area contributed by atoms with E-state index in [4.69, 9.17) is 9.47 Å². The number of ether oxygens (including phenoxy) is 2. The Kier molecular flexibility index (Phi) is 5.11. The van der Waals surface area contributed by atoms with Crippen molar-refractivity contribution in [1.82, 2.24) is 9.80 Å². The first-order valence-electron chi connectivity index (χ1n) is 9.91. The molecule has 0 amide bonds. The molecule has 2 aliphatic rings. The van der Waals surface area contributed by atoms with Gasteiger partial charge >= 0.3 is 0 Å². The van der Waals surface area contributed by atoms with Crippen LogP contribution < -0.4 is 9.47 Å². The van der Waals surface area contributed by atoms with Crippen LogP contribution in [0.3, 0.4) is 0 Å². The Balaban J connectivity index is 1.30. The third-order valence-electron chi connectivity index (χ3n) is 5.56. The number of benzene rings is 2. The van der Waals surface area contributed by atoms with Crippen molar-refractivity contribution >= 4 is 0 Å². The molecule has 0 radical (unpaired) electrons. The molecule has 0 saturated carbocycles. The Morgan fingerprint density at radius 1 is 0.815 bits per heavy atom. The molecule has 2 aliphatic heterocycles. The van der Waals surface area contributed by atoms with E-state index in [1.165, 1.54) is 16.7 Å². The van der Waals surface area contributed by atoms with Crippen molar-refractivity contribution in [3.8, 4) is 11.5 Å². The minimum Gasteiger partial charge on any atom is -0.454 e. The van der Waals surface area contributed by atoms with Crippen LogP contribution >= 0.6 is 0 Å². The summed E-state index contributed by atoms with van der Waals surface area (Å²) >= 11 is 0. The van der Waals surface area contributed by atoms with Crippen molar-refractivity contribution in [1.29, 1.82) is 0 Å². The van der Waals surface area contributed by atoms with Gasteiger partial charge in [0.2, 0.25) is 6.79 Å². The predicted molar refractivity (Wildman–Crippen MR) is 108 cm³/mol. The highest BCUT2D eigenvalue weighted by Gasteiger charge is 2.22. The number of rotatable bonds is 4. The van der Waals surface area contributed by atoms with E-state index in [-0.39, 0.29) is 5.41 Å². The average Bonchev–Trinajstić information content (AvgIpc) is 3.13. The second-order valence-electron chi connectivity index (χ2n) is 8.65. The van der Waals surface area contributed by atoms with Crippen LogP contribution in [0.25, 0.3) is 0 Å². The minimum atomic E-state index is 0.219. The summed E-state index contributed by atoms with van der Waals surface area (Å²) in [5, 5.41) is 0. The van der Waals surface area contributed by atoms with Gasteiger partial charge in [-0.15, -0.1) is 0 Å². The van der Waals surface area contributed by atoms with Gasteiger partial charge in [-0.2, -0.15) is 0 Å². The molecule has 1 fully saturated rings. The van der Waals surface area contributed by atoms with Crippen molar-refractivity contribution in [2.45, 2.75) is 39.3 Å². The maximum Gasteiger partial charge on any atom is 0.231 e. The van der Waals surface area contributed by atoms with Crippen molar-refractivity contribution < 1.29 is 9.47 Å². The van der Waals surface area contributed by atoms with E-state index in [1.807, 2.05) is 6.07 Å². The average molecular weight is 367 g/mol. The van der Waals surface area contributed by atoms with Crippen LogP contribution in [0, 0.1) is 0 Å². The summed E-state index contributed by atoms with van der Waals surface area (Å²) in [7, 11) is 0. The van der Waals surface area contributed by atoms with Crippen molar-refractivity contribution in [3.63, 3.8) is 0 Å². The maximum atomic E-state index is 5.65. The molecule has 2 aromatic carbocycles. The smallest absolute Gasteiger partial charge is 0.231 e. The number of hydrogen-bond acceptors (Lipinski definition) is 4. The SMILES string of the molecule is CC(C)(C)c1ccc(CN2CCN(Cc3cccc4c3OCO4)CC2)cc1. The summed E-state index contributed by atoms with van der Waals surface area (Å²) in [5.41, 5.74) is 4.26. The van der Waals surface area contributed by atoms with Gasteiger partial charge in [0.05, 0.1) is 0 Å². The largest absolute Gasteiger partial charge is 0.454 e. The monoisotopic (exact) mass is 366 g/mol. The predicted octanol–water partition coefficient (Wildman–Crippen LogP) is 4.03. The molecular weight excluding hydrogens is 336 g/mol. The molecule has 4 nitrogen and oxygen atoms in total. The highest BCUT2D eigenvalue weighted by Crippen LogP contribution is 2.36. The number of piperazine rings is 1. The lowest BCUT2D eigenvalue weighted by molar-refractivity contribution is 0.120. The molecule has 4 rings (SSSR count). The van der Waals surface area contributed by atoms with E-state index in [1.54, 1.807) is 0 Å². The van der Waals surface area contributed by atoms with Crippen molar-refractivity contribution in [2.24, 2.45) is 0 Å². The Morgan fingerprint density at radius 2 is 1.48 bits per heavy atom. The third kappa shape index (κ3) is 4.28. The van der Waals surface area contributed by atoms with Gasteiger partial charge in [-0.05, 0) is 22.6 Å². The first-order chi connectivity index (χ1) is 13.0. The quantitative estimate of drug-likeness (QED) is 0.816. The molecule has 0 aromatic heterocycles. The fourth-order valence-electron chi connectivity index (χ4n) is 3.83. The molecule has 0 bridgehead atoms. The number of nitrogens with zero attached hydrogens (tertiary/aromatic N) is 2. The molecule has 144 valence electrons. The van der Waals surface area contributed by atoms with E-state index in [0.29, 0.717) is 6.79 Å². The molecule has 2 aromatic rings. The zero-order valence-electron chi connectivity index (χ0n) is 16.7. The number of para-hydroxylation sites is 1. The van der Waals surface area contributed by atoms with Crippen LogP contribution in [0.5, 0.6) is 11.5 Å². The first-order valence-corrected chi connectivity index (χ1v) is 9.91.